The van der Waals surface area contributed by atoms with Crippen LogP contribution >= 0.6 is 11.6 Å². The van der Waals surface area contributed by atoms with E-state index in [9.17, 15) is 4.79 Å². The Morgan fingerprint density at radius 3 is 2.62 bits per heavy atom. The van der Waals surface area contributed by atoms with Crippen LogP contribution in [0.2, 0.25) is 5.02 Å². The molecular weight excluding hydrogens is 360 g/mol. The number of anilines is 1. The van der Waals surface area contributed by atoms with Crippen molar-refractivity contribution in [1.29, 1.82) is 0 Å². The molecule has 1 aromatic heterocycles. The van der Waals surface area contributed by atoms with Gasteiger partial charge in [-0.3, -0.25) is 4.79 Å². The topological polar surface area (TPSA) is 103 Å². The maximum Gasteiger partial charge on any atom is 0.258 e. The Labute approximate surface area is 157 Å². The third-order valence-electron chi connectivity index (χ3n) is 3.26. The van der Waals surface area contributed by atoms with E-state index >= 15 is 0 Å². The first-order chi connectivity index (χ1) is 12.2. The fraction of sp³-hybridized carbons (Fsp3) is 0.500. The van der Waals surface area contributed by atoms with Crippen LogP contribution in [0.15, 0.2) is 12.1 Å². The molecule has 0 spiro atoms. The maximum absolute atomic E-state index is 11.9. The van der Waals surface area contributed by atoms with E-state index in [1.807, 2.05) is 20.8 Å². The highest BCUT2D eigenvalue weighted by Crippen LogP contribution is 2.33. The van der Waals surface area contributed by atoms with Crippen molar-refractivity contribution in [1.82, 2.24) is 25.5 Å². The lowest BCUT2D eigenvalue weighted by Crippen LogP contribution is -2.43. The Hall–Kier alpha value is -2.55. The van der Waals surface area contributed by atoms with E-state index in [1.54, 1.807) is 19.2 Å². The molecule has 1 aromatic carbocycles. The summed E-state index contributed by atoms with van der Waals surface area (Å²) in [5.74, 6) is 1.16. The molecule has 1 heterocycles. The van der Waals surface area contributed by atoms with Gasteiger partial charge < -0.3 is 20.1 Å². The van der Waals surface area contributed by atoms with Crippen molar-refractivity contribution in [2.45, 2.75) is 32.9 Å². The number of hydrogen-bond acceptors (Lipinski definition) is 7. The Bertz CT molecular complexity index is 772. The lowest BCUT2D eigenvalue weighted by Gasteiger charge is -2.21. The summed E-state index contributed by atoms with van der Waals surface area (Å²) in [6, 6.07) is 3.37. The molecule has 0 fully saturated rings. The van der Waals surface area contributed by atoms with Crippen LogP contribution in [-0.2, 0) is 18.4 Å². The fourth-order valence-electron chi connectivity index (χ4n) is 2.14. The van der Waals surface area contributed by atoms with Crippen LogP contribution in [0.1, 0.15) is 26.3 Å². The van der Waals surface area contributed by atoms with Crippen molar-refractivity contribution in [2.24, 2.45) is 7.05 Å². The maximum atomic E-state index is 11.9. The van der Waals surface area contributed by atoms with Crippen LogP contribution in [0.5, 0.6) is 11.5 Å². The minimum atomic E-state index is -0.327. The number of nitrogens with zero attached hydrogens (tertiary/aromatic N) is 4. The van der Waals surface area contributed by atoms with Gasteiger partial charge in [0.2, 0.25) is 5.95 Å². The molecule has 142 valence electrons. The average molecular weight is 383 g/mol. The standard InChI is InChI=1S/C16H23ClN6O3/c1-16(2,3)19-14(24)9-26-13-7-11(17)10(6-12(13)25-5)8-18-15-20-21-22-23(15)4/h6-7H,8-9H2,1-5H3,(H,19,24)(H,18,20,22). The molecule has 0 radical (unpaired) electrons. The highest BCUT2D eigenvalue weighted by atomic mass is 35.5. The Balaban J connectivity index is 2.06. The third-order valence-corrected chi connectivity index (χ3v) is 3.61. The van der Waals surface area contributed by atoms with E-state index in [0.717, 1.165) is 5.56 Å². The number of carbonyl (C=O) groups excluding carboxylic acids is 1. The quantitative estimate of drug-likeness (QED) is 0.752. The van der Waals surface area contributed by atoms with Crippen molar-refractivity contribution < 1.29 is 14.3 Å². The molecule has 9 nitrogen and oxygen atoms in total. The van der Waals surface area contributed by atoms with Gasteiger partial charge in [-0.15, -0.1) is 0 Å². The largest absolute Gasteiger partial charge is 0.493 e. The molecule has 2 aromatic rings. The van der Waals surface area contributed by atoms with Gasteiger partial charge >= 0.3 is 0 Å². The number of halogens is 1. The fourth-order valence-corrected chi connectivity index (χ4v) is 2.36. The summed E-state index contributed by atoms with van der Waals surface area (Å²) < 4.78 is 12.4. The summed E-state index contributed by atoms with van der Waals surface area (Å²) in [5, 5.41) is 17.5. The lowest BCUT2D eigenvalue weighted by atomic mass is 10.1. The van der Waals surface area contributed by atoms with Crippen LogP contribution in [0, 0.1) is 0 Å². The first-order valence-electron chi connectivity index (χ1n) is 7.96. The number of aromatic nitrogens is 4. The molecule has 10 heteroatoms. The van der Waals surface area contributed by atoms with E-state index in [-0.39, 0.29) is 18.1 Å². The van der Waals surface area contributed by atoms with E-state index in [4.69, 9.17) is 21.1 Å². The summed E-state index contributed by atoms with van der Waals surface area (Å²) >= 11 is 6.33. The molecule has 0 bridgehead atoms. The molecule has 2 N–H and O–H groups in total. The summed E-state index contributed by atoms with van der Waals surface area (Å²) in [6.45, 7) is 5.96. The molecule has 0 saturated carbocycles. The number of amides is 1. The number of aryl methyl sites for hydroxylation is 1. The highest BCUT2D eigenvalue weighted by Gasteiger charge is 2.16. The van der Waals surface area contributed by atoms with Gasteiger partial charge in [-0.25, -0.2) is 4.68 Å². The average Bonchev–Trinajstić information content (AvgIpc) is 2.95. The minimum Gasteiger partial charge on any atom is -0.493 e. The summed E-state index contributed by atoms with van der Waals surface area (Å²) in [5.41, 5.74) is 0.449. The van der Waals surface area contributed by atoms with Crippen molar-refractivity contribution in [2.75, 3.05) is 19.0 Å². The van der Waals surface area contributed by atoms with Gasteiger partial charge in [0.15, 0.2) is 18.1 Å². The van der Waals surface area contributed by atoms with Gasteiger partial charge in [-0.2, -0.15) is 0 Å². The van der Waals surface area contributed by atoms with Crippen molar-refractivity contribution >= 4 is 23.5 Å². The van der Waals surface area contributed by atoms with Gasteiger partial charge in [-0.1, -0.05) is 16.7 Å². The van der Waals surface area contributed by atoms with Crippen molar-refractivity contribution in [3.63, 3.8) is 0 Å². The van der Waals surface area contributed by atoms with Crippen molar-refractivity contribution in [3.05, 3.63) is 22.7 Å². The highest BCUT2D eigenvalue weighted by molar-refractivity contribution is 6.31. The van der Waals surface area contributed by atoms with E-state index < -0.39 is 0 Å². The minimum absolute atomic E-state index is 0.133. The molecule has 2 rings (SSSR count). The SMILES string of the molecule is COc1cc(CNc2nnnn2C)c(Cl)cc1OCC(=O)NC(C)(C)C. The molecular formula is C16H23ClN6O3. The first kappa shape index (κ1) is 19.8. The molecule has 0 aliphatic carbocycles. The van der Waals surface area contributed by atoms with Crippen LogP contribution in [-0.4, -0.2) is 45.4 Å². The zero-order valence-corrected chi connectivity index (χ0v) is 16.2. The molecule has 0 unspecified atom stereocenters. The first-order valence-corrected chi connectivity index (χ1v) is 8.34. The number of benzene rings is 1. The van der Waals surface area contributed by atoms with Crippen LogP contribution < -0.4 is 20.1 Å². The van der Waals surface area contributed by atoms with Crippen LogP contribution in [0.25, 0.3) is 0 Å². The molecule has 0 saturated heterocycles. The summed E-state index contributed by atoms with van der Waals surface area (Å²) in [6.07, 6.45) is 0. The normalized spacial score (nSPS) is 11.2. The van der Waals surface area contributed by atoms with Gasteiger partial charge in [0.1, 0.15) is 0 Å². The molecule has 0 aliphatic heterocycles. The number of nitrogens with one attached hydrogen (secondary N) is 2. The number of methoxy groups -OCH3 is 1. The zero-order chi connectivity index (χ0) is 19.3. The second-order valence-electron chi connectivity index (χ2n) is 6.66. The zero-order valence-electron chi connectivity index (χ0n) is 15.5. The Morgan fingerprint density at radius 2 is 2.04 bits per heavy atom. The second kappa shape index (κ2) is 8.22. The number of tetrazole rings is 1. The number of ether oxygens (including phenoxy) is 2. The van der Waals surface area contributed by atoms with Gasteiger partial charge in [0.05, 0.1) is 7.11 Å². The number of carbonyl (C=O) groups is 1. The molecule has 1 amide bonds. The third kappa shape index (κ3) is 5.48. The monoisotopic (exact) mass is 382 g/mol. The van der Waals surface area contributed by atoms with E-state index in [1.165, 1.54) is 11.8 Å². The van der Waals surface area contributed by atoms with Crippen molar-refractivity contribution in [3.8, 4) is 11.5 Å². The Kier molecular flexibility index (Phi) is 6.25. The summed E-state index contributed by atoms with van der Waals surface area (Å²) in [4.78, 5) is 11.9. The predicted octanol–water partition coefficient (Wildman–Crippen LogP) is 1.78. The second-order valence-corrected chi connectivity index (χ2v) is 7.07. The smallest absolute Gasteiger partial charge is 0.258 e. The van der Waals surface area contributed by atoms with Gasteiger partial charge in [0, 0.05) is 30.2 Å². The number of hydrogen-bond donors (Lipinski definition) is 2. The van der Waals surface area contributed by atoms with E-state index in [0.29, 0.717) is 29.0 Å². The summed E-state index contributed by atoms with van der Waals surface area (Å²) in [7, 11) is 3.25. The Morgan fingerprint density at radius 1 is 1.31 bits per heavy atom. The van der Waals surface area contributed by atoms with E-state index in [2.05, 4.69) is 26.2 Å². The lowest BCUT2D eigenvalue weighted by molar-refractivity contribution is -0.124. The number of rotatable bonds is 7. The molecule has 26 heavy (non-hydrogen) atoms. The van der Waals surface area contributed by atoms with Gasteiger partial charge in [0.25, 0.3) is 5.91 Å². The molecule has 0 aliphatic rings. The predicted molar refractivity (Wildman–Crippen MR) is 97.5 cm³/mol. The van der Waals surface area contributed by atoms with Gasteiger partial charge in [-0.05, 0) is 42.8 Å². The molecule has 0 atom stereocenters. The van der Waals surface area contributed by atoms with Crippen LogP contribution in [0.3, 0.4) is 0 Å². The van der Waals surface area contributed by atoms with Crippen LogP contribution in [0.4, 0.5) is 5.95 Å².